The molecule has 0 aliphatic heterocycles. The summed E-state index contributed by atoms with van der Waals surface area (Å²) in [7, 11) is 0. The first-order valence-corrected chi connectivity index (χ1v) is 4.84. The molecular weight excluding hydrogens is 176 g/mol. The minimum absolute atomic E-state index is 0.359. The van der Waals surface area contributed by atoms with Crippen molar-refractivity contribution >= 4 is 11.6 Å². The Hall–Kier alpha value is -1.51. The van der Waals surface area contributed by atoms with E-state index in [1.54, 1.807) is 6.07 Å². The molecule has 1 aliphatic rings. The highest BCUT2D eigenvalue weighted by atomic mass is 16.1. The van der Waals surface area contributed by atoms with Crippen molar-refractivity contribution in [2.75, 3.05) is 5.32 Å². The Morgan fingerprint density at radius 3 is 2.79 bits per heavy atom. The molecule has 2 rings (SSSR count). The second kappa shape index (κ2) is 3.33. The molecule has 0 aromatic heterocycles. The molecule has 0 atom stereocenters. The summed E-state index contributed by atoms with van der Waals surface area (Å²) in [6.45, 7) is 1.92. The van der Waals surface area contributed by atoms with Crippen molar-refractivity contribution in [2.24, 2.45) is 5.73 Å². The van der Waals surface area contributed by atoms with Crippen LogP contribution in [0.2, 0.25) is 0 Å². The average Bonchev–Trinajstić information content (AvgIpc) is 2.92. The minimum Gasteiger partial charge on any atom is -0.382 e. The van der Waals surface area contributed by atoms with Crippen LogP contribution in [-0.2, 0) is 0 Å². The Morgan fingerprint density at radius 1 is 1.50 bits per heavy atom. The molecule has 74 valence electrons. The number of hydrogen-bond acceptors (Lipinski definition) is 2. The van der Waals surface area contributed by atoms with E-state index in [4.69, 9.17) is 5.73 Å². The molecule has 3 heteroatoms. The molecule has 0 spiro atoms. The summed E-state index contributed by atoms with van der Waals surface area (Å²) in [5.74, 6) is -0.359. The van der Waals surface area contributed by atoms with E-state index < -0.39 is 0 Å². The fourth-order valence-electron chi connectivity index (χ4n) is 1.51. The maximum atomic E-state index is 11.1. The number of amides is 1. The SMILES string of the molecule is Cc1c(NC2CC2)cccc1C(N)=O. The predicted molar refractivity (Wildman–Crippen MR) is 56.3 cm³/mol. The highest BCUT2D eigenvalue weighted by Gasteiger charge is 2.21. The molecule has 1 aromatic carbocycles. The number of primary amides is 1. The standard InChI is InChI=1S/C11H14N2O/c1-7-9(11(12)14)3-2-4-10(7)13-8-5-6-8/h2-4,8,13H,5-6H2,1H3,(H2,12,14). The Labute approximate surface area is 83.3 Å². The van der Waals surface area contributed by atoms with Gasteiger partial charge in [-0.25, -0.2) is 0 Å². The van der Waals surface area contributed by atoms with Crippen LogP contribution in [0.5, 0.6) is 0 Å². The Morgan fingerprint density at radius 2 is 2.21 bits per heavy atom. The van der Waals surface area contributed by atoms with E-state index in [9.17, 15) is 4.79 Å². The van der Waals surface area contributed by atoms with Gasteiger partial charge < -0.3 is 11.1 Å². The summed E-state index contributed by atoms with van der Waals surface area (Å²) in [5.41, 5.74) is 7.85. The zero-order chi connectivity index (χ0) is 10.1. The first-order valence-electron chi connectivity index (χ1n) is 4.84. The Kier molecular flexibility index (Phi) is 2.15. The van der Waals surface area contributed by atoms with Crippen LogP contribution in [0.15, 0.2) is 18.2 Å². The normalized spacial score (nSPS) is 15.2. The third kappa shape index (κ3) is 1.71. The summed E-state index contributed by atoms with van der Waals surface area (Å²) in [4.78, 5) is 11.1. The van der Waals surface area contributed by atoms with Gasteiger partial charge in [-0.3, -0.25) is 4.79 Å². The summed E-state index contributed by atoms with van der Waals surface area (Å²) < 4.78 is 0. The number of rotatable bonds is 3. The van der Waals surface area contributed by atoms with Gasteiger partial charge >= 0.3 is 0 Å². The number of hydrogen-bond donors (Lipinski definition) is 2. The Bertz CT molecular complexity index is 370. The van der Waals surface area contributed by atoms with Crippen molar-refractivity contribution < 1.29 is 4.79 Å². The molecule has 0 heterocycles. The summed E-state index contributed by atoms with van der Waals surface area (Å²) in [6.07, 6.45) is 2.44. The number of benzene rings is 1. The van der Waals surface area contributed by atoms with Gasteiger partial charge in [0.1, 0.15) is 0 Å². The second-order valence-corrected chi connectivity index (χ2v) is 3.76. The molecule has 1 fully saturated rings. The van der Waals surface area contributed by atoms with Crippen LogP contribution in [0.25, 0.3) is 0 Å². The highest BCUT2D eigenvalue weighted by Crippen LogP contribution is 2.27. The van der Waals surface area contributed by atoms with Crippen molar-refractivity contribution in [1.29, 1.82) is 0 Å². The quantitative estimate of drug-likeness (QED) is 0.761. The molecular formula is C11H14N2O. The minimum atomic E-state index is -0.359. The van der Waals surface area contributed by atoms with Gasteiger partial charge in [-0.1, -0.05) is 6.07 Å². The van der Waals surface area contributed by atoms with Gasteiger partial charge in [-0.2, -0.15) is 0 Å². The molecule has 0 bridgehead atoms. The van der Waals surface area contributed by atoms with Crippen molar-refractivity contribution in [2.45, 2.75) is 25.8 Å². The smallest absolute Gasteiger partial charge is 0.249 e. The van der Waals surface area contributed by atoms with Crippen LogP contribution in [0.1, 0.15) is 28.8 Å². The van der Waals surface area contributed by atoms with Crippen LogP contribution >= 0.6 is 0 Å². The zero-order valence-electron chi connectivity index (χ0n) is 8.21. The van der Waals surface area contributed by atoms with Gasteiger partial charge in [0.05, 0.1) is 0 Å². The van der Waals surface area contributed by atoms with Gasteiger partial charge in [-0.05, 0) is 37.5 Å². The number of anilines is 1. The van der Waals surface area contributed by atoms with E-state index in [0.717, 1.165) is 11.3 Å². The summed E-state index contributed by atoms with van der Waals surface area (Å²) >= 11 is 0. The monoisotopic (exact) mass is 190 g/mol. The summed E-state index contributed by atoms with van der Waals surface area (Å²) in [5, 5.41) is 3.37. The number of carbonyl (C=O) groups is 1. The van der Waals surface area contributed by atoms with Crippen molar-refractivity contribution in [3.05, 3.63) is 29.3 Å². The second-order valence-electron chi connectivity index (χ2n) is 3.76. The lowest BCUT2D eigenvalue weighted by Crippen LogP contribution is -2.14. The van der Waals surface area contributed by atoms with Crippen molar-refractivity contribution in [3.8, 4) is 0 Å². The number of carbonyl (C=O) groups excluding carboxylic acids is 1. The van der Waals surface area contributed by atoms with E-state index in [-0.39, 0.29) is 5.91 Å². The van der Waals surface area contributed by atoms with Gasteiger partial charge in [0.15, 0.2) is 0 Å². The largest absolute Gasteiger partial charge is 0.382 e. The fourth-order valence-corrected chi connectivity index (χ4v) is 1.51. The first-order chi connectivity index (χ1) is 6.68. The van der Waals surface area contributed by atoms with E-state index in [1.165, 1.54) is 12.8 Å². The van der Waals surface area contributed by atoms with Crippen molar-refractivity contribution in [1.82, 2.24) is 0 Å². The van der Waals surface area contributed by atoms with Gasteiger partial charge in [0.25, 0.3) is 0 Å². The lowest BCUT2D eigenvalue weighted by atomic mass is 10.1. The lowest BCUT2D eigenvalue weighted by molar-refractivity contribution is 0.1000. The maximum absolute atomic E-state index is 11.1. The summed E-state index contributed by atoms with van der Waals surface area (Å²) in [6, 6.07) is 6.20. The van der Waals surface area contributed by atoms with Gasteiger partial charge in [0.2, 0.25) is 5.91 Å². The van der Waals surface area contributed by atoms with Crippen molar-refractivity contribution in [3.63, 3.8) is 0 Å². The molecule has 1 aromatic rings. The average molecular weight is 190 g/mol. The molecule has 1 saturated carbocycles. The molecule has 1 aliphatic carbocycles. The predicted octanol–water partition coefficient (Wildman–Crippen LogP) is 1.67. The molecule has 0 radical (unpaired) electrons. The van der Waals surface area contributed by atoms with Gasteiger partial charge in [0, 0.05) is 17.3 Å². The maximum Gasteiger partial charge on any atom is 0.249 e. The van der Waals surface area contributed by atoms with E-state index in [2.05, 4.69) is 5.32 Å². The van der Waals surface area contributed by atoms with Crippen LogP contribution in [-0.4, -0.2) is 11.9 Å². The highest BCUT2D eigenvalue weighted by molar-refractivity contribution is 5.95. The van der Waals surface area contributed by atoms with Crippen LogP contribution in [0.3, 0.4) is 0 Å². The molecule has 1 amide bonds. The Balaban J connectivity index is 2.30. The van der Waals surface area contributed by atoms with E-state index in [0.29, 0.717) is 11.6 Å². The molecule has 3 nitrogen and oxygen atoms in total. The molecule has 0 unspecified atom stereocenters. The first kappa shape index (κ1) is 9.06. The van der Waals surface area contributed by atoms with Gasteiger partial charge in [-0.15, -0.1) is 0 Å². The van der Waals surface area contributed by atoms with Crippen LogP contribution < -0.4 is 11.1 Å². The molecule has 3 N–H and O–H groups in total. The topological polar surface area (TPSA) is 55.1 Å². The van der Waals surface area contributed by atoms with E-state index >= 15 is 0 Å². The number of nitrogens with one attached hydrogen (secondary N) is 1. The van der Waals surface area contributed by atoms with Crippen LogP contribution in [0, 0.1) is 6.92 Å². The van der Waals surface area contributed by atoms with Crippen LogP contribution in [0.4, 0.5) is 5.69 Å². The molecule has 0 saturated heterocycles. The fraction of sp³-hybridized carbons (Fsp3) is 0.364. The lowest BCUT2D eigenvalue weighted by Gasteiger charge is -2.10. The van der Waals surface area contributed by atoms with E-state index in [1.807, 2.05) is 19.1 Å². The molecule has 14 heavy (non-hydrogen) atoms. The zero-order valence-corrected chi connectivity index (χ0v) is 8.21. The third-order valence-electron chi connectivity index (χ3n) is 2.54. The third-order valence-corrected chi connectivity index (χ3v) is 2.54. The number of nitrogens with two attached hydrogens (primary N) is 1.